The zero-order valence-corrected chi connectivity index (χ0v) is 10.9. The summed E-state index contributed by atoms with van der Waals surface area (Å²) in [5.41, 5.74) is 1.56. The first-order valence-corrected chi connectivity index (χ1v) is 3.73. The Balaban J connectivity index is 0.000000845. The van der Waals surface area contributed by atoms with E-state index in [-0.39, 0.29) is 40.1 Å². The van der Waals surface area contributed by atoms with E-state index in [9.17, 15) is 0 Å². The maximum absolute atomic E-state index is 5.48. The number of rotatable bonds is 1. The molecule has 0 bridgehead atoms. The molecule has 0 saturated carbocycles. The van der Waals surface area contributed by atoms with E-state index in [2.05, 4.69) is 5.10 Å². The number of hydrogen-bond donors (Lipinski definition) is 0. The summed E-state index contributed by atoms with van der Waals surface area (Å²) in [6.45, 7) is 0. The van der Waals surface area contributed by atoms with Gasteiger partial charge in [0.05, 0.1) is 5.69 Å². The molecule has 0 saturated heterocycles. The largest absolute Gasteiger partial charge is 0.358 e. The maximum Gasteiger partial charge on any atom is 0.144 e. The summed E-state index contributed by atoms with van der Waals surface area (Å²) in [6, 6.07) is 11.6. The van der Waals surface area contributed by atoms with Crippen molar-refractivity contribution in [1.29, 1.82) is 0 Å². The fourth-order valence-corrected chi connectivity index (χ4v) is 1.06. The molecule has 2 nitrogen and oxygen atoms in total. The summed E-state index contributed by atoms with van der Waals surface area (Å²) in [7, 11) is 5.48. The van der Waals surface area contributed by atoms with Gasteiger partial charge >= 0.3 is 0 Å². The Morgan fingerprint density at radius 1 is 1.07 bits per heavy atom. The molecule has 67 valence electrons. The van der Waals surface area contributed by atoms with E-state index < -0.39 is 0 Å². The quantitative estimate of drug-likeness (QED) is 0.553. The van der Waals surface area contributed by atoms with Crippen LogP contribution in [0.5, 0.6) is 0 Å². The van der Waals surface area contributed by atoms with E-state index in [1.807, 2.05) is 36.5 Å². The number of aromatic nitrogens is 2. The molecule has 1 aromatic carbocycles. The van der Waals surface area contributed by atoms with E-state index in [0.717, 1.165) is 5.69 Å². The maximum atomic E-state index is 5.48. The van der Waals surface area contributed by atoms with E-state index in [1.54, 1.807) is 10.7 Å². The van der Waals surface area contributed by atoms with Crippen molar-refractivity contribution in [1.82, 2.24) is 9.78 Å². The van der Waals surface area contributed by atoms with Crippen LogP contribution >= 0.6 is 0 Å². The first-order chi connectivity index (χ1) is 5.86. The summed E-state index contributed by atoms with van der Waals surface area (Å²) in [5.74, 6) is 0. The van der Waals surface area contributed by atoms with Gasteiger partial charge in [-0.05, 0) is 18.2 Å². The monoisotopic (exact) mass is 258 g/mol. The van der Waals surface area contributed by atoms with Gasteiger partial charge in [0.25, 0.3) is 0 Å². The Bertz CT molecular complexity index is 373. The van der Waals surface area contributed by atoms with Crippen molar-refractivity contribution in [3.05, 3.63) is 50.0 Å². The van der Waals surface area contributed by atoms with Crippen LogP contribution in [0.25, 0.3) is 5.69 Å². The molecule has 3 radical (unpaired) electrons. The van der Waals surface area contributed by atoms with Gasteiger partial charge in [0.15, 0.2) is 0 Å². The van der Waals surface area contributed by atoms with Crippen LogP contribution in [0.1, 0.15) is 0 Å². The molecule has 0 amide bonds. The predicted octanol–water partition coefficient (Wildman–Crippen LogP) is 1.11. The standard InChI is InChI=1S/C9H7BN2.CH3.Y/c10-9-6-7-12(11-9)8-4-2-1-3-5-8;;/h1-7H;1H3;/q;-1;. The molecule has 1 aromatic heterocycles. The third-order valence-corrected chi connectivity index (χ3v) is 1.63. The van der Waals surface area contributed by atoms with Crippen LogP contribution in [0, 0.1) is 7.43 Å². The average molecular weight is 258 g/mol. The smallest absolute Gasteiger partial charge is 0.144 e. The Morgan fingerprint density at radius 2 is 1.71 bits per heavy atom. The molecule has 0 aliphatic carbocycles. The van der Waals surface area contributed by atoms with Crippen LogP contribution in [-0.4, -0.2) is 17.6 Å². The van der Waals surface area contributed by atoms with E-state index in [1.165, 1.54) is 0 Å². The second-order valence-electron chi connectivity index (χ2n) is 2.52. The molecule has 0 spiro atoms. The Labute approximate surface area is 111 Å². The molecule has 0 N–H and O–H groups in total. The van der Waals surface area contributed by atoms with Gasteiger partial charge in [0, 0.05) is 44.5 Å². The molecule has 0 unspecified atom stereocenters. The fraction of sp³-hybridized carbons (Fsp3) is 0. The average Bonchev–Trinajstić information content (AvgIpc) is 2.54. The fourth-order valence-electron chi connectivity index (χ4n) is 1.06. The van der Waals surface area contributed by atoms with Crippen molar-refractivity contribution in [2.75, 3.05) is 0 Å². The van der Waals surface area contributed by atoms with Crippen LogP contribution in [0.3, 0.4) is 0 Å². The second-order valence-corrected chi connectivity index (χ2v) is 2.52. The molecule has 0 aliphatic heterocycles. The van der Waals surface area contributed by atoms with Gasteiger partial charge in [-0.2, -0.15) is 5.10 Å². The molecule has 0 fully saturated rings. The van der Waals surface area contributed by atoms with Crippen LogP contribution in [0.2, 0.25) is 0 Å². The Hall–Kier alpha value is -0.401. The van der Waals surface area contributed by atoms with E-state index in [0.29, 0.717) is 5.59 Å². The van der Waals surface area contributed by atoms with Gasteiger partial charge < -0.3 is 7.43 Å². The molecule has 14 heavy (non-hydrogen) atoms. The molecular formula is C10H10BN2Y-. The van der Waals surface area contributed by atoms with Crippen LogP contribution in [0.4, 0.5) is 0 Å². The molecule has 0 aliphatic rings. The minimum Gasteiger partial charge on any atom is -0.358 e. The Kier molecular flexibility index (Phi) is 5.98. The molecule has 4 heteroatoms. The molecule has 1 heterocycles. The molecule has 0 atom stereocenters. The van der Waals surface area contributed by atoms with Crippen LogP contribution in [-0.2, 0) is 32.7 Å². The predicted molar refractivity (Wildman–Crippen MR) is 55.4 cm³/mol. The number of nitrogens with zero attached hydrogens (tertiary/aromatic N) is 2. The van der Waals surface area contributed by atoms with Crippen molar-refractivity contribution in [2.24, 2.45) is 0 Å². The third kappa shape index (κ3) is 3.07. The van der Waals surface area contributed by atoms with Gasteiger partial charge in [-0.3, -0.25) is 0 Å². The van der Waals surface area contributed by atoms with Gasteiger partial charge in [-0.1, -0.05) is 18.2 Å². The van der Waals surface area contributed by atoms with Gasteiger partial charge in [-0.25, -0.2) is 4.68 Å². The summed E-state index contributed by atoms with van der Waals surface area (Å²) in [4.78, 5) is 0. The SMILES string of the molecule is [B]c1ccn(-c2ccccc2)n1.[CH3-].[Y]. The third-order valence-electron chi connectivity index (χ3n) is 1.63. The Morgan fingerprint density at radius 3 is 2.21 bits per heavy atom. The zero-order chi connectivity index (χ0) is 8.39. The summed E-state index contributed by atoms with van der Waals surface area (Å²) in [6.07, 6.45) is 1.84. The van der Waals surface area contributed by atoms with Crippen LogP contribution in [0.15, 0.2) is 42.6 Å². The van der Waals surface area contributed by atoms with E-state index >= 15 is 0 Å². The number of para-hydroxylation sites is 1. The van der Waals surface area contributed by atoms with Crippen molar-refractivity contribution in [3.8, 4) is 5.69 Å². The van der Waals surface area contributed by atoms with Crippen molar-refractivity contribution in [2.45, 2.75) is 0 Å². The zero-order valence-electron chi connectivity index (χ0n) is 8.09. The van der Waals surface area contributed by atoms with Gasteiger partial charge in [0.1, 0.15) is 7.85 Å². The summed E-state index contributed by atoms with van der Waals surface area (Å²) >= 11 is 0. The number of benzene rings is 1. The number of hydrogen-bond acceptors (Lipinski definition) is 1. The first-order valence-electron chi connectivity index (χ1n) is 3.73. The normalized spacial score (nSPS) is 8.57. The van der Waals surface area contributed by atoms with Crippen molar-refractivity contribution in [3.63, 3.8) is 0 Å². The van der Waals surface area contributed by atoms with E-state index in [4.69, 9.17) is 7.85 Å². The minimum absolute atomic E-state index is 0. The summed E-state index contributed by atoms with van der Waals surface area (Å²) < 4.78 is 1.75. The van der Waals surface area contributed by atoms with Crippen molar-refractivity contribution >= 4 is 13.4 Å². The molecule has 2 aromatic rings. The van der Waals surface area contributed by atoms with Gasteiger partial charge in [0.2, 0.25) is 0 Å². The minimum atomic E-state index is 0. The first kappa shape index (κ1) is 13.6. The van der Waals surface area contributed by atoms with Gasteiger partial charge in [-0.15, -0.1) is 0 Å². The molecular weight excluding hydrogens is 248 g/mol. The van der Waals surface area contributed by atoms with Crippen LogP contribution < -0.4 is 5.59 Å². The molecule has 2 rings (SSSR count). The second kappa shape index (κ2) is 6.15. The van der Waals surface area contributed by atoms with Crippen molar-refractivity contribution < 1.29 is 32.7 Å². The summed E-state index contributed by atoms with van der Waals surface area (Å²) in [5, 5.41) is 4.08. The topological polar surface area (TPSA) is 17.8 Å².